The summed E-state index contributed by atoms with van der Waals surface area (Å²) in [7, 11) is 1.47. The van der Waals surface area contributed by atoms with Crippen molar-refractivity contribution < 1.29 is 14.6 Å². The molecule has 0 aromatic heterocycles. The van der Waals surface area contributed by atoms with Gasteiger partial charge < -0.3 is 14.6 Å². The Morgan fingerprint density at radius 3 is 2.33 bits per heavy atom. The number of hydrogen-bond donors (Lipinski definition) is 1. The van der Waals surface area contributed by atoms with Gasteiger partial charge in [0.05, 0.1) is 0 Å². The average Bonchev–Trinajstić information content (AvgIpc) is 1.82. The van der Waals surface area contributed by atoms with Gasteiger partial charge in [-0.05, 0) is 13.8 Å². The Kier molecular flexibility index (Phi) is 4.67. The van der Waals surface area contributed by atoms with E-state index in [1.54, 1.807) is 0 Å². The Balaban J connectivity index is 3.41. The summed E-state index contributed by atoms with van der Waals surface area (Å²) in [6, 6.07) is 0. The first-order valence-corrected chi connectivity index (χ1v) is 2.88. The minimum atomic E-state index is -0.810. The van der Waals surface area contributed by atoms with Gasteiger partial charge in [0.25, 0.3) is 0 Å². The van der Waals surface area contributed by atoms with Gasteiger partial charge in [-0.2, -0.15) is 0 Å². The third kappa shape index (κ3) is 3.46. The van der Waals surface area contributed by atoms with Gasteiger partial charge in [0.15, 0.2) is 6.29 Å². The number of rotatable bonds is 4. The number of methoxy groups -OCH3 is 1. The summed E-state index contributed by atoms with van der Waals surface area (Å²) in [4.78, 5) is 0. The third-order valence-electron chi connectivity index (χ3n) is 0.877. The lowest BCUT2D eigenvalue weighted by Crippen LogP contribution is -2.28. The van der Waals surface area contributed by atoms with Gasteiger partial charge in [-0.25, -0.2) is 0 Å². The summed E-state index contributed by atoms with van der Waals surface area (Å²) in [5, 5.41) is 8.78. The molecule has 0 saturated carbocycles. The zero-order valence-electron chi connectivity index (χ0n) is 5.83. The normalized spacial score (nSPS) is 17.3. The monoisotopic (exact) mass is 133 g/mol. The molecular weight excluding hydrogens is 120 g/mol. The number of aliphatic hydroxyl groups is 1. The largest absolute Gasteiger partial charge is 0.388 e. The van der Waals surface area contributed by atoms with Crippen molar-refractivity contribution in [1.29, 1.82) is 0 Å². The van der Waals surface area contributed by atoms with Crippen molar-refractivity contribution in [3.05, 3.63) is 6.92 Å². The summed E-state index contributed by atoms with van der Waals surface area (Å²) in [6.45, 7) is 5.68. The molecule has 0 aromatic carbocycles. The zero-order chi connectivity index (χ0) is 7.28. The van der Waals surface area contributed by atoms with Gasteiger partial charge in [0, 0.05) is 13.7 Å². The van der Waals surface area contributed by atoms with Crippen LogP contribution >= 0.6 is 0 Å². The highest BCUT2D eigenvalue weighted by Crippen LogP contribution is 1.97. The Bertz CT molecular complexity index is 63.3. The van der Waals surface area contributed by atoms with Crippen LogP contribution in [0.2, 0.25) is 0 Å². The summed E-state index contributed by atoms with van der Waals surface area (Å²) < 4.78 is 9.64. The Morgan fingerprint density at radius 2 is 2.22 bits per heavy atom. The molecule has 0 aliphatic rings. The van der Waals surface area contributed by atoms with Crippen LogP contribution in [0.4, 0.5) is 0 Å². The summed E-state index contributed by atoms with van der Waals surface area (Å²) in [5.41, 5.74) is 0. The van der Waals surface area contributed by atoms with Crippen LogP contribution in [0.25, 0.3) is 0 Å². The first kappa shape index (κ1) is 8.88. The topological polar surface area (TPSA) is 38.7 Å². The van der Waals surface area contributed by atoms with E-state index in [1.807, 2.05) is 6.92 Å². The predicted octanol–water partition coefficient (Wildman–Crippen LogP) is 0.190. The SMILES string of the molecule is [CH2]C(O)C(OC)OCC. The molecule has 0 aliphatic carbocycles. The predicted molar refractivity (Wildman–Crippen MR) is 33.8 cm³/mol. The molecule has 3 nitrogen and oxygen atoms in total. The van der Waals surface area contributed by atoms with E-state index in [2.05, 4.69) is 6.92 Å². The fourth-order valence-corrected chi connectivity index (χ4v) is 0.500. The van der Waals surface area contributed by atoms with E-state index in [-0.39, 0.29) is 0 Å². The van der Waals surface area contributed by atoms with Crippen molar-refractivity contribution in [1.82, 2.24) is 0 Å². The van der Waals surface area contributed by atoms with Crippen LogP contribution in [0.15, 0.2) is 0 Å². The van der Waals surface area contributed by atoms with Gasteiger partial charge in [0.1, 0.15) is 6.10 Å². The lowest BCUT2D eigenvalue weighted by Gasteiger charge is -2.16. The van der Waals surface area contributed by atoms with E-state index in [4.69, 9.17) is 14.6 Å². The zero-order valence-corrected chi connectivity index (χ0v) is 5.83. The second kappa shape index (κ2) is 4.73. The van der Waals surface area contributed by atoms with E-state index in [0.29, 0.717) is 6.61 Å². The molecule has 9 heavy (non-hydrogen) atoms. The fraction of sp³-hybridized carbons (Fsp3) is 0.833. The van der Waals surface area contributed by atoms with Crippen LogP contribution in [0, 0.1) is 6.92 Å². The van der Waals surface area contributed by atoms with E-state index in [0.717, 1.165) is 0 Å². The van der Waals surface area contributed by atoms with Crippen molar-refractivity contribution in [2.45, 2.75) is 19.3 Å². The molecular formula is C6H13O3. The third-order valence-corrected chi connectivity index (χ3v) is 0.877. The second-order valence-electron chi connectivity index (χ2n) is 1.63. The molecule has 0 aromatic rings. The van der Waals surface area contributed by atoms with Gasteiger partial charge >= 0.3 is 0 Å². The molecule has 0 amide bonds. The van der Waals surface area contributed by atoms with Gasteiger partial charge in [0.2, 0.25) is 0 Å². The average molecular weight is 133 g/mol. The molecule has 0 heterocycles. The van der Waals surface area contributed by atoms with E-state index < -0.39 is 12.4 Å². The van der Waals surface area contributed by atoms with Crippen molar-refractivity contribution in [2.24, 2.45) is 0 Å². The second-order valence-corrected chi connectivity index (χ2v) is 1.63. The Labute approximate surface area is 55.6 Å². The van der Waals surface area contributed by atoms with Crippen molar-refractivity contribution in [2.75, 3.05) is 13.7 Å². The van der Waals surface area contributed by atoms with E-state index in [1.165, 1.54) is 7.11 Å². The van der Waals surface area contributed by atoms with Crippen molar-refractivity contribution in [3.8, 4) is 0 Å². The lowest BCUT2D eigenvalue weighted by molar-refractivity contribution is -0.164. The summed E-state index contributed by atoms with van der Waals surface area (Å²) in [5.74, 6) is 0. The van der Waals surface area contributed by atoms with Crippen LogP contribution in [-0.2, 0) is 9.47 Å². The van der Waals surface area contributed by atoms with Gasteiger partial charge in [-0.3, -0.25) is 0 Å². The molecule has 3 heteroatoms. The molecule has 1 N–H and O–H groups in total. The van der Waals surface area contributed by atoms with Crippen molar-refractivity contribution >= 4 is 0 Å². The molecule has 0 saturated heterocycles. The van der Waals surface area contributed by atoms with Crippen LogP contribution in [0.3, 0.4) is 0 Å². The van der Waals surface area contributed by atoms with Crippen molar-refractivity contribution in [3.63, 3.8) is 0 Å². The quantitative estimate of drug-likeness (QED) is 0.556. The molecule has 0 bridgehead atoms. The van der Waals surface area contributed by atoms with E-state index in [9.17, 15) is 0 Å². The number of hydrogen-bond acceptors (Lipinski definition) is 3. The van der Waals surface area contributed by atoms with Crippen LogP contribution in [0.1, 0.15) is 6.92 Å². The molecule has 0 rings (SSSR count). The molecule has 0 spiro atoms. The Hall–Kier alpha value is -0.120. The highest BCUT2D eigenvalue weighted by Gasteiger charge is 2.12. The minimum absolute atomic E-state index is 0.519. The molecule has 2 unspecified atom stereocenters. The fourth-order valence-electron chi connectivity index (χ4n) is 0.500. The van der Waals surface area contributed by atoms with E-state index >= 15 is 0 Å². The van der Waals surface area contributed by atoms with Crippen LogP contribution < -0.4 is 0 Å². The van der Waals surface area contributed by atoms with Gasteiger partial charge in [-0.1, -0.05) is 0 Å². The maximum atomic E-state index is 8.78. The first-order valence-electron chi connectivity index (χ1n) is 2.88. The standard InChI is InChI=1S/C6H13O3/c1-4-9-6(8-3)5(2)7/h5-7H,2,4H2,1,3H3. The number of ether oxygens (including phenoxy) is 2. The molecule has 55 valence electrons. The molecule has 0 aliphatic heterocycles. The summed E-state index contributed by atoms with van der Waals surface area (Å²) in [6.07, 6.45) is -1.40. The summed E-state index contributed by atoms with van der Waals surface area (Å²) >= 11 is 0. The van der Waals surface area contributed by atoms with Gasteiger partial charge in [-0.15, -0.1) is 0 Å². The highest BCUT2D eigenvalue weighted by molar-refractivity contribution is 4.60. The van der Waals surface area contributed by atoms with Crippen LogP contribution in [-0.4, -0.2) is 31.2 Å². The molecule has 1 radical (unpaired) electrons. The first-order chi connectivity index (χ1) is 4.22. The highest BCUT2D eigenvalue weighted by atomic mass is 16.7. The smallest absolute Gasteiger partial charge is 0.183 e. The maximum Gasteiger partial charge on any atom is 0.183 e. The minimum Gasteiger partial charge on any atom is -0.388 e. The molecule has 2 atom stereocenters. The Morgan fingerprint density at radius 1 is 1.67 bits per heavy atom. The number of aliphatic hydroxyl groups excluding tert-OH is 1. The van der Waals surface area contributed by atoms with Crippen LogP contribution in [0.5, 0.6) is 0 Å². The lowest BCUT2D eigenvalue weighted by atomic mass is 10.4. The molecule has 0 fully saturated rings. The maximum absolute atomic E-state index is 8.78.